The second-order valence-electron chi connectivity index (χ2n) is 8.87. The fourth-order valence-electron chi connectivity index (χ4n) is 4.24. The third-order valence-corrected chi connectivity index (χ3v) is 6.17. The van der Waals surface area contributed by atoms with Crippen LogP contribution in [0.2, 0.25) is 0 Å². The van der Waals surface area contributed by atoms with Gasteiger partial charge in [0.1, 0.15) is 0 Å². The molecule has 0 spiro atoms. The molecule has 0 radical (unpaired) electrons. The number of nitrogens with zero attached hydrogens (tertiary/aromatic N) is 7. The lowest BCUT2D eigenvalue weighted by atomic mass is 9.88. The number of aromatic nitrogens is 6. The van der Waals surface area contributed by atoms with Crippen LogP contribution in [0, 0.1) is 18.7 Å². The highest BCUT2D eigenvalue weighted by atomic mass is 19.4. The molecule has 1 saturated heterocycles. The van der Waals surface area contributed by atoms with Gasteiger partial charge in [-0.2, -0.15) is 18.3 Å². The first kappa shape index (κ1) is 26.3. The van der Waals surface area contributed by atoms with E-state index in [0.717, 1.165) is 17.3 Å². The van der Waals surface area contributed by atoms with Crippen LogP contribution in [0.5, 0.6) is 0 Å². The van der Waals surface area contributed by atoms with E-state index in [2.05, 4.69) is 30.4 Å². The van der Waals surface area contributed by atoms with Crippen molar-refractivity contribution in [2.24, 2.45) is 13.0 Å². The van der Waals surface area contributed by atoms with E-state index in [1.54, 1.807) is 20.9 Å². The van der Waals surface area contributed by atoms with Crippen LogP contribution in [-0.4, -0.2) is 65.6 Å². The number of piperidine rings is 1. The number of aryl methyl sites for hydroxylation is 1. The van der Waals surface area contributed by atoms with Gasteiger partial charge in [-0.1, -0.05) is 6.92 Å². The number of halogens is 6. The van der Waals surface area contributed by atoms with Gasteiger partial charge in [-0.05, 0) is 12.8 Å². The highest BCUT2D eigenvalue weighted by molar-refractivity contribution is 5.99. The van der Waals surface area contributed by atoms with Crippen molar-refractivity contribution < 1.29 is 31.1 Å². The molecule has 0 bridgehead atoms. The Kier molecular flexibility index (Phi) is 6.81. The third kappa shape index (κ3) is 5.49. The maximum absolute atomic E-state index is 14.6. The largest absolute Gasteiger partial charge is 0.419 e. The van der Waals surface area contributed by atoms with Gasteiger partial charge in [0, 0.05) is 38.1 Å². The monoisotopic (exact) mass is 528 g/mol. The Labute approximate surface area is 207 Å². The molecule has 3 aromatic heterocycles. The normalized spacial score (nSPS) is 19.6. The molecule has 0 saturated carbocycles. The van der Waals surface area contributed by atoms with Crippen LogP contribution in [0.15, 0.2) is 24.8 Å². The molecule has 0 aromatic carbocycles. The zero-order valence-corrected chi connectivity index (χ0v) is 19.9. The molecular weight excluding hydrogens is 506 g/mol. The summed E-state index contributed by atoms with van der Waals surface area (Å²) in [6.07, 6.45) is -2.09. The van der Waals surface area contributed by atoms with Crippen LogP contribution in [0.4, 0.5) is 32.3 Å². The SMILES string of the molecule is Cc1c(-c2ncc(F)cn2)c(C(=O)N2CC(F)(F)CC(C)C2CNc2ncc(C(F)(F)F)cn2)nn1C. The summed E-state index contributed by atoms with van der Waals surface area (Å²) >= 11 is 0. The van der Waals surface area contributed by atoms with Crippen molar-refractivity contribution in [2.45, 2.75) is 38.4 Å². The molecule has 4 heterocycles. The summed E-state index contributed by atoms with van der Waals surface area (Å²) < 4.78 is 82.2. The first-order valence-electron chi connectivity index (χ1n) is 11.1. The van der Waals surface area contributed by atoms with Crippen molar-refractivity contribution in [2.75, 3.05) is 18.4 Å². The van der Waals surface area contributed by atoms with Crippen LogP contribution >= 0.6 is 0 Å². The van der Waals surface area contributed by atoms with Gasteiger partial charge in [0.25, 0.3) is 11.8 Å². The van der Waals surface area contributed by atoms with E-state index in [0.29, 0.717) is 18.1 Å². The highest BCUT2D eigenvalue weighted by Crippen LogP contribution is 2.36. The number of carbonyl (C=O) groups excluding carboxylic acids is 1. The molecular formula is C22H22F6N8O. The summed E-state index contributed by atoms with van der Waals surface area (Å²) in [6, 6.07) is -0.803. The predicted molar refractivity (Wildman–Crippen MR) is 118 cm³/mol. The molecule has 2 unspecified atom stereocenters. The first-order valence-corrected chi connectivity index (χ1v) is 11.1. The van der Waals surface area contributed by atoms with Gasteiger partial charge in [0.2, 0.25) is 5.95 Å². The van der Waals surface area contributed by atoms with E-state index in [4.69, 9.17) is 0 Å². The number of nitrogens with one attached hydrogen (secondary N) is 1. The summed E-state index contributed by atoms with van der Waals surface area (Å²) in [5, 5.41) is 6.93. The van der Waals surface area contributed by atoms with Gasteiger partial charge >= 0.3 is 6.18 Å². The number of hydrogen-bond donors (Lipinski definition) is 1. The van der Waals surface area contributed by atoms with Crippen molar-refractivity contribution in [3.63, 3.8) is 0 Å². The second-order valence-corrected chi connectivity index (χ2v) is 8.87. The maximum Gasteiger partial charge on any atom is 0.419 e. The molecule has 1 aliphatic rings. The smallest absolute Gasteiger partial charge is 0.352 e. The van der Waals surface area contributed by atoms with E-state index < -0.39 is 54.3 Å². The zero-order valence-electron chi connectivity index (χ0n) is 19.9. The number of hydrogen-bond acceptors (Lipinski definition) is 7. The van der Waals surface area contributed by atoms with Gasteiger partial charge in [-0.25, -0.2) is 33.1 Å². The molecule has 0 aliphatic carbocycles. The standard InChI is InChI=1S/C22H22F6N8O/c1-11-4-21(24,25)10-36(15(11)9-33-20-31-5-13(6-32-20)22(26,27)28)19(37)17-16(12(2)35(3)34-17)18-29-7-14(23)8-30-18/h5-8,11,15H,4,9-10H2,1-3H3,(H,31,32,33). The summed E-state index contributed by atoms with van der Waals surface area (Å²) in [4.78, 5) is 29.7. The van der Waals surface area contributed by atoms with E-state index in [9.17, 15) is 31.1 Å². The minimum absolute atomic E-state index is 0.00000230. The number of carbonyl (C=O) groups is 1. The molecule has 1 fully saturated rings. The summed E-state index contributed by atoms with van der Waals surface area (Å²) in [5.74, 6) is -5.56. The Balaban J connectivity index is 1.64. The van der Waals surface area contributed by atoms with Crippen molar-refractivity contribution in [3.8, 4) is 11.4 Å². The Morgan fingerprint density at radius 3 is 2.35 bits per heavy atom. The summed E-state index contributed by atoms with van der Waals surface area (Å²) in [5.41, 5.74) is -0.597. The average Bonchev–Trinajstić information content (AvgIpc) is 3.11. The van der Waals surface area contributed by atoms with Crippen molar-refractivity contribution in [1.82, 2.24) is 34.6 Å². The Morgan fingerprint density at radius 2 is 1.76 bits per heavy atom. The van der Waals surface area contributed by atoms with Crippen LogP contribution in [0.3, 0.4) is 0 Å². The van der Waals surface area contributed by atoms with Gasteiger partial charge in [0.15, 0.2) is 17.3 Å². The van der Waals surface area contributed by atoms with Crippen LogP contribution < -0.4 is 5.32 Å². The lowest BCUT2D eigenvalue weighted by Crippen LogP contribution is -2.57. The topological polar surface area (TPSA) is 102 Å². The minimum Gasteiger partial charge on any atom is -0.352 e. The van der Waals surface area contributed by atoms with Gasteiger partial charge in [-0.15, -0.1) is 0 Å². The Morgan fingerprint density at radius 1 is 1.14 bits per heavy atom. The highest BCUT2D eigenvalue weighted by Gasteiger charge is 2.47. The molecule has 9 nitrogen and oxygen atoms in total. The van der Waals surface area contributed by atoms with Gasteiger partial charge in [0.05, 0.1) is 36.1 Å². The van der Waals surface area contributed by atoms with Crippen molar-refractivity contribution in [1.29, 1.82) is 0 Å². The average molecular weight is 528 g/mol. The molecule has 1 aliphatic heterocycles. The van der Waals surface area contributed by atoms with E-state index in [1.807, 2.05) is 0 Å². The van der Waals surface area contributed by atoms with Gasteiger partial charge in [-0.3, -0.25) is 9.48 Å². The lowest BCUT2D eigenvalue weighted by molar-refractivity contribution is -0.138. The van der Waals surface area contributed by atoms with E-state index in [1.165, 1.54) is 4.68 Å². The Bertz CT molecular complexity index is 1280. The number of rotatable bonds is 5. The number of alkyl halides is 5. The van der Waals surface area contributed by atoms with Crippen LogP contribution in [-0.2, 0) is 13.2 Å². The molecule has 37 heavy (non-hydrogen) atoms. The third-order valence-electron chi connectivity index (χ3n) is 6.17. The fourth-order valence-corrected chi connectivity index (χ4v) is 4.24. The van der Waals surface area contributed by atoms with Crippen LogP contribution in [0.1, 0.15) is 35.1 Å². The molecule has 15 heteroatoms. The second kappa shape index (κ2) is 9.59. The lowest BCUT2D eigenvalue weighted by Gasteiger charge is -2.43. The molecule has 198 valence electrons. The predicted octanol–water partition coefficient (Wildman–Crippen LogP) is 3.73. The van der Waals surface area contributed by atoms with Crippen molar-refractivity contribution in [3.05, 3.63) is 47.6 Å². The minimum atomic E-state index is -4.61. The van der Waals surface area contributed by atoms with Gasteiger partial charge < -0.3 is 10.2 Å². The molecule has 3 aromatic rings. The fraction of sp³-hybridized carbons (Fsp3) is 0.455. The quantitative estimate of drug-likeness (QED) is 0.504. The zero-order chi connectivity index (χ0) is 27.1. The Hall–Kier alpha value is -3.78. The van der Waals surface area contributed by atoms with E-state index in [-0.39, 0.29) is 29.6 Å². The number of likely N-dealkylation sites (tertiary alicyclic amines) is 1. The molecule has 1 amide bonds. The van der Waals surface area contributed by atoms with E-state index >= 15 is 0 Å². The van der Waals surface area contributed by atoms with Crippen molar-refractivity contribution >= 4 is 11.9 Å². The van der Waals surface area contributed by atoms with Crippen LogP contribution in [0.25, 0.3) is 11.4 Å². The number of anilines is 1. The molecule has 2 atom stereocenters. The molecule has 4 rings (SSSR count). The summed E-state index contributed by atoms with van der Waals surface area (Å²) in [7, 11) is 1.55. The summed E-state index contributed by atoms with van der Waals surface area (Å²) in [6.45, 7) is 2.15. The first-order chi connectivity index (χ1) is 17.3. The molecule has 1 N–H and O–H groups in total. The number of amides is 1. The maximum atomic E-state index is 14.6.